The Morgan fingerprint density at radius 1 is 1.16 bits per heavy atom. The van der Waals surface area contributed by atoms with Crippen molar-refractivity contribution in [3.63, 3.8) is 0 Å². The van der Waals surface area contributed by atoms with E-state index in [1.807, 2.05) is 0 Å². The second-order valence-electron chi connectivity index (χ2n) is 7.58. The topological polar surface area (TPSA) is 75.7 Å². The molecule has 0 unspecified atom stereocenters. The maximum Gasteiger partial charge on any atom is 0.251 e. The van der Waals surface area contributed by atoms with Crippen LogP contribution < -0.4 is 14.4 Å². The molecule has 0 radical (unpaired) electrons. The number of rotatable bonds is 8. The zero-order valence-corrected chi connectivity index (χ0v) is 19.3. The number of methoxy groups -OCH3 is 1. The molecule has 0 aliphatic heterocycles. The molecular formula is C23H27ClN2O4S. The lowest BCUT2D eigenvalue weighted by Crippen LogP contribution is -2.29. The van der Waals surface area contributed by atoms with Gasteiger partial charge in [0.05, 0.1) is 30.6 Å². The minimum absolute atomic E-state index is 0.121. The van der Waals surface area contributed by atoms with Crippen LogP contribution in [0.5, 0.6) is 5.75 Å². The zero-order chi connectivity index (χ0) is 22.4. The summed E-state index contributed by atoms with van der Waals surface area (Å²) in [6.07, 6.45) is 7.86. The van der Waals surface area contributed by atoms with Crippen LogP contribution in [0.15, 0.2) is 54.1 Å². The Kier molecular flexibility index (Phi) is 7.62. The number of nitrogens with one attached hydrogen (secondary N) is 1. The summed E-state index contributed by atoms with van der Waals surface area (Å²) in [7, 11) is -2.05. The number of allylic oxidation sites excluding steroid dienone is 1. The van der Waals surface area contributed by atoms with Crippen LogP contribution in [0.1, 0.15) is 41.6 Å². The van der Waals surface area contributed by atoms with Crippen LogP contribution in [0.25, 0.3) is 0 Å². The van der Waals surface area contributed by atoms with Crippen molar-refractivity contribution in [2.24, 2.45) is 0 Å². The van der Waals surface area contributed by atoms with Crippen molar-refractivity contribution >= 4 is 33.2 Å². The smallest absolute Gasteiger partial charge is 0.251 e. The molecule has 31 heavy (non-hydrogen) atoms. The second-order valence-corrected chi connectivity index (χ2v) is 9.89. The fourth-order valence-corrected chi connectivity index (χ4v) is 4.63. The van der Waals surface area contributed by atoms with Crippen LogP contribution in [-0.2, 0) is 16.6 Å². The maximum atomic E-state index is 12.4. The quantitative estimate of drug-likeness (QED) is 0.584. The molecule has 166 valence electrons. The van der Waals surface area contributed by atoms with Crippen molar-refractivity contribution in [3.05, 3.63) is 70.3 Å². The van der Waals surface area contributed by atoms with Crippen LogP contribution in [-0.4, -0.2) is 34.2 Å². The predicted octanol–water partition coefficient (Wildman–Crippen LogP) is 4.55. The van der Waals surface area contributed by atoms with Gasteiger partial charge in [0, 0.05) is 12.1 Å². The van der Waals surface area contributed by atoms with Crippen molar-refractivity contribution < 1.29 is 17.9 Å². The average Bonchev–Trinajstić information content (AvgIpc) is 2.76. The van der Waals surface area contributed by atoms with Crippen LogP contribution in [0.2, 0.25) is 5.02 Å². The Morgan fingerprint density at radius 3 is 2.48 bits per heavy atom. The van der Waals surface area contributed by atoms with Crippen molar-refractivity contribution in [2.75, 3.05) is 24.2 Å². The summed E-state index contributed by atoms with van der Waals surface area (Å²) in [4.78, 5) is 12.4. The zero-order valence-electron chi connectivity index (χ0n) is 17.7. The number of hydrogen-bond acceptors (Lipinski definition) is 4. The molecule has 2 aromatic carbocycles. The Labute approximate surface area is 188 Å². The summed E-state index contributed by atoms with van der Waals surface area (Å²) in [5.74, 6) is 0.332. The van der Waals surface area contributed by atoms with E-state index in [0.717, 1.165) is 24.7 Å². The van der Waals surface area contributed by atoms with E-state index in [1.54, 1.807) is 42.5 Å². The number of halogens is 1. The molecule has 1 aliphatic carbocycles. The molecule has 1 N–H and O–H groups in total. The molecule has 0 aromatic heterocycles. The minimum Gasteiger partial charge on any atom is -0.495 e. The van der Waals surface area contributed by atoms with Crippen molar-refractivity contribution in [2.45, 2.75) is 32.2 Å². The number of hydrogen-bond donors (Lipinski definition) is 1. The highest BCUT2D eigenvalue weighted by Crippen LogP contribution is 2.31. The number of amides is 1. The van der Waals surface area contributed by atoms with Gasteiger partial charge in [-0.1, -0.05) is 35.4 Å². The monoisotopic (exact) mass is 462 g/mol. The molecule has 8 heteroatoms. The van der Waals surface area contributed by atoms with E-state index in [2.05, 4.69) is 11.4 Å². The largest absolute Gasteiger partial charge is 0.495 e. The maximum absolute atomic E-state index is 12.4. The molecule has 1 aliphatic rings. The van der Waals surface area contributed by atoms with Crippen LogP contribution in [0, 0.1) is 0 Å². The number of benzene rings is 2. The first-order chi connectivity index (χ1) is 14.8. The van der Waals surface area contributed by atoms with Gasteiger partial charge < -0.3 is 10.1 Å². The van der Waals surface area contributed by atoms with Gasteiger partial charge in [0.15, 0.2) is 0 Å². The van der Waals surface area contributed by atoms with Gasteiger partial charge in [-0.3, -0.25) is 9.10 Å². The fourth-order valence-electron chi connectivity index (χ4n) is 3.50. The SMILES string of the molecule is COc1ccc(N(Cc2ccc(C(=O)NCC3=CCCCC3)cc2)S(C)(=O)=O)cc1Cl. The van der Waals surface area contributed by atoms with E-state index in [0.29, 0.717) is 28.6 Å². The van der Waals surface area contributed by atoms with E-state index in [4.69, 9.17) is 16.3 Å². The lowest BCUT2D eigenvalue weighted by atomic mass is 9.99. The highest BCUT2D eigenvalue weighted by atomic mass is 35.5. The Morgan fingerprint density at radius 2 is 1.90 bits per heavy atom. The molecule has 2 aromatic rings. The second kappa shape index (κ2) is 10.2. The third kappa shape index (κ3) is 6.24. The van der Waals surface area contributed by atoms with E-state index in [9.17, 15) is 13.2 Å². The van der Waals surface area contributed by atoms with Gasteiger partial charge in [0.25, 0.3) is 5.91 Å². The molecule has 1 amide bonds. The van der Waals surface area contributed by atoms with Crippen LogP contribution in [0.4, 0.5) is 5.69 Å². The molecule has 0 heterocycles. The normalized spacial score (nSPS) is 14.0. The van der Waals surface area contributed by atoms with E-state index in [-0.39, 0.29) is 12.5 Å². The number of carbonyl (C=O) groups is 1. The molecule has 0 atom stereocenters. The average molecular weight is 463 g/mol. The van der Waals surface area contributed by atoms with Gasteiger partial charge in [0.1, 0.15) is 5.75 Å². The van der Waals surface area contributed by atoms with Gasteiger partial charge >= 0.3 is 0 Å². The highest BCUT2D eigenvalue weighted by Gasteiger charge is 2.19. The van der Waals surface area contributed by atoms with E-state index >= 15 is 0 Å². The highest BCUT2D eigenvalue weighted by molar-refractivity contribution is 7.92. The first-order valence-corrected chi connectivity index (χ1v) is 12.4. The fraction of sp³-hybridized carbons (Fsp3) is 0.348. The van der Waals surface area contributed by atoms with E-state index in [1.165, 1.54) is 29.8 Å². The Balaban J connectivity index is 1.70. The molecular weight excluding hydrogens is 436 g/mol. The number of ether oxygens (including phenoxy) is 1. The number of sulfonamides is 1. The molecule has 0 bridgehead atoms. The summed E-state index contributed by atoms with van der Waals surface area (Å²) in [5, 5.41) is 3.28. The van der Waals surface area contributed by atoms with Gasteiger partial charge in [-0.25, -0.2) is 8.42 Å². The Hall–Kier alpha value is -2.51. The number of anilines is 1. The third-order valence-electron chi connectivity index (χ3n) is 5.23. The van der Waals surface area contributed by atoms with Crippen LogP contribution in [0.3, 0.4) is 0 Å². The number of carbonyl (C=O) groups excluding carboxylic acids is 1. The summed E-state index contributed by atoms with van der Waals surface area (Å²) in [6, 6.07) is 11.8. The third-order valence-corrected chi connectivity index (χ3v) is 6.66. The molecule has 0 saturated carbocycles. The molecule has 0 fully saturated rings. The minimum atomic E-state index is -3.55. The lowest BCUT2D eigenvalue weighted by molar-refractivity contribution is 0.0956. The summed E-state index contributed by atoms with van der Waals surface area (Å²) < 4.78 is 31.2. The van der Waals surface area contributed by atoms with Gasteiger partial charge in [-0.2, -0.15) is 0 Å². The number of nitrogens with zero attached hydrogens (tertiary/aromatic N) is 1. The predicted molar refractivity (Wildman–Crippen MR) is 124 cm³/mol. The molecule has 0 saturated heterocycles. The van der Waals surface area contributed by atoms with Crippen molar-refractivity contribution in [3.8, 4) is 5.75 Å². The molecule has 0 spiro atoms. The van der Waals surface area contributed by atoms with Gasteiger partial charge in [-0.15, -0.1) is 0 Å². The van der Waals surface area contributed by atoms with Crippen molar-refractivity contribution in [1.82, 2.24) is 5.32 Å². The standard InChI is InChI=1S/C23H27ClN2O4S/c1-30-22-13-12-20(14-21(22)24)26(31(2,28)29)16-18-8-10-19(11-9-18)23(27)25-15-17-6-4-3-5-7-17/h6,8-14H,3-5,7,15-16H2,1-2H3,(H,25,27). The first-order valence-electron chi connectivity index (χ1n) is 10.1. The summed E-state index contributed by atoms with van der Waals surface area (Å²) in [5.41, 5.74) is 3.01. The first kappa shape index (κ1) is 23.2. The summed E-state index contributed by atoms with van der Waals surface area (Å²) in [6.45, 7) is 0.691. The van der Waals surface area contributed by atoms with Crippen LogP contribution >= 0.6 is 11.6 Å². The summed E-state index contributed by atoms with van der Waals surface area (Å²) >= 11 is 6.17. The van der Waals surface area contributed by atoms with Crippen molar-refractivity contribution in [1.29, 1.82) is 0 Å². The van der Waals surface area contributed by atoms with Gasteiger partial charge in [0.2, 0.25) is 10.0 Å². The lowest BCUT2D eigenvalue weighted by Gasteiger charge is -2.23. The van der Waals surface area contributed by atoms with E-state index < -0.39 is 10.0 Å². The Bertz CT molecular complexity index is 1070. The van der Waals surface area contributed by atoms with Gasteiger partial charge in [-0.05, 0) is 61.6 Å². The molecule has 3 rings (SSSR count). The molecule has 6 nitrogen and oxygen atoms in total.